The van der Waals surface area contributed by atoms with Crippen LogP contribution in [0.2, 0.25) is 10.0 Å². The van der Waals surface area contributed by atoms with Gasteiger partial charge in [-0.3, -0.25) is 0 Å². The van der Waals surface area contributed by atoms with Gasteiger partial charge in [0.15, 0.2) is 5.58 Å². The third-order valence-corrected chi connectivity index (χ3v) is 2.71. The first-order valence-electron chi connectivity index (χ1n) is 4.59. The van der Waals surface area contributed by atoms with Crippen molar-refractivity contribution in [1.29, 1.82) is 0 Å². The van der Waals surface area contributed by atoms with Crippen LogP contribution in [0.5, 0.6) is 0 Å². The van der Waals surface area contributed by atoms with Gasteiger partial charge in [0, 0.05) is 24.5 Å². The van der Waals surface area contributed by atoms with Crippen LogP contribution >= 0.6 is 23.2 Å². The molecule has 0 bridgehead atoms. The summed E-state index contributed by atoms with van der Waals surface area (Å²) in [5, 5.41) is 1.56. The predicted octanol–water partition coefficient (Wildman–Crippen LogP) is 3.17. The molecule has 2 rings (SSSR count). The summed E-state index contributed by atoms with van der Waals surface area (Å²) >= 11 is 11.8. The zero-order valence-electron chi connectivity index (χ0n) is 8.75. The lowest BCUT2D eigenvalue weighted by Gasteiger charge is -2.11. The summed E-state index contributed by atoms with van der Waals surface area (Å²) < 4.78 is 5.15. The van der Waals surface area contributed by atoms with Crippen molar-refractivity contribution >= 4 is 39.9 Å². The molecular weight excluding hydrogens is 249 g/mol. The number of hydrogen-bond donors (Lipinski definition) is 0. The van der Waals surface area contributed by atoms with Crippen LogP contribution < -0.4 is 10.5 Å². The van der Waals surface area contributed by atoms with E-state index in [1.807, 2.05) is 0 Å². The van der Waals surface area contributed by atoms with Crippen LogP contribution in [0, 0.1) is 0 Å². The number of benzene rings is 1. The first kappa shape index (κ1) is 11.3. The average Bonchev–Trinajstić information content (AvgIpc) is 2.18. The van der Waals surface area contributed by atoms with Gasteiger partial charge in [-0.1, -0.05) is 23.2 Å². The molecule has 0 unspecified atom stereocenters. The summed E-state index contributed by atoms with van der Waals surface area (Å²) in [7, 11) is 3.54. The van der Waals surface area contributed by atoms with Gasteiger partial charge in [0.25, 0.3) is 0 Å². The first-order valence-corrected chi connectivity index (χ1v) is 5.35. The van der Waals surface area contributed by atoms with Crippen LogP contribution in [0.15, 0.2) is 27.4 Å². The van der Waals surface area contributed by atoms with Crippen molar-refractivity contribution in [3.8, 4) is 0 Å². The Hall–Kier alpha value is -1.19. The van der Waals surface area contributed by atoms with Crippen molar-refractivity contribution in [2.24, 2.45) is 0 Å². The van der Waals surface area contributed by atoms with Crippen molar-refractivity contribution < 1.29 is 4.42 Å². The molecule has 0 radical (unpaired) electrons. The van der Waals surface area contributed by atoms with E-state index in [1.165, 1.54) is 0 Å². The van der Waals surface area contributed by atoms with E-state index >= 15 is 0 Å². The fraction of sp³-hybridized carbons (Fsp3) is 0.182. The highest BCUT2D eigenvalue weighted by Crippen LogP contribution is 2.28. The Morgan fingerprint density at radius 3 is 2.50 bits per heavy atom. The molecule has 1 aromatic heterocycles. The molecule has 0 aliphatic carbocycles. The lowest BCUT2D eigenvalue weighted by atomic mass is 10.2. The molecule has 16 heavy (non-hydrogen) atoms. The molecule has 1 aromatic carbocycles. The Labute approximate surface area is 102 Å². The largest absolute Gasteiger partial charge is 0.420 e. The van der Waals surface area contributed by atoms with Crippen molar-refractivity contribution in [2.75, 3.05) is 19.0 Å². The molecule has 0 saturated heterocycles. The maximum atomic E-state index is 11.6. The highest BCUT2D eigenvalue weighted by molar-refractivity contribution is 6.38. The van der Waals surface area contributed by atoms with Crippen LogP contribution in [0.4, 0.5) is 5.69 Å². The molecule has 0 amide bonds. The van der Waals surface area contributed by atoms with Crippen molar-refractivity contribution in [1.82, 2.24) is 0 Å². The molecule has 5 heteroatoms. The predicted molar refractivity (Wildman–Crippen MR) is 66.8 cm³/mol. The van der Waals surface area contributed by atoms with Gasteiger partial charge >= 0.3 is 5.63 Å². The molecule has 1 heterocycles. The second-order valence-corrected chi connectivity index (χ2v) is 4.46. The van der Waals surface area contributed by atoms with Crippen molar-refractivity contribution in [3.63, 3.8) is 0 Å². The van der Waals surface area contributed by atoms with Crippen LogP contribution in [0.1, 0.15) is 0 Å². The summed E-state index contributed by atoms with van der Waals surface area (Å²) in [4.78, 5) is 13.3. The maximum Gasteiger partial charge on any atom is 0.360 e. The van der Waals surface area contributed by atoms with E-state index in [4.69, 9.17) is 27.6 Å². The minimum absolute atomic E-state index is 0.338. The second-order valence-electron chi connectivity index (χ2n) is 3.62. The number of hydrogen-bond acceptors (Lipinski definition) is 3. The summed E-state index contributed by atoms with van der Waals surface area (Å²) in [6.45, 7) is 0. The standard InChI is InChI=1S/C11H9Cl2NO2/c1-14(2)9-4-6-3-7(12)5-8(13)10(6)16-11(9)15/h3-5H,1-2H3. The SMILES string of the molecule is CN(C)c1cc2cc(Cl)cc(Cl)c2oc1=O. The third kappa shape index (κ3) is 1.88. The Balaban J connectivity index is 2.85. The smallest absolute Gasteiger partial charge is 0.360 e. The number of anilines is 1. The number of halogens is 2. The Bertz CT molecular complexity index is 605. The first-order chi connectivity index (χ1) is 7.49. The average molecular weight is 258 g/mol. The van der Waals surface area contributed by atoms with Gasteiger partial charge in [-0.15, -0.1) is 0 Å². The molecule has 0 saturated carbocycles. The van der Waals surface area contributed by atoms with Gasteiger partial charge in [0.2, 0.25) is 0 Å². The highest BCUT2D eigenvalue weighted by Gasteiger charge is 2.10. The molecule has 84 valence electrons. The van der Waals surface area contributed by atoms with E-state index in [-0.39, 0.29) is 0 Å². The van der Waals surface area contributed by atoms with Crippen molar-refractivity contribution in [3.05, 3.63) is 38.7 Å². The molecule has 0 aliphatic rings. The van der Waals surface area contributed by atoms with E-state index in [1.54, 1.807) is 37.2 Å². The summed E-state index contributed by atoms with van der Waals surface area (Å²) in [5.41, 5.74) is 0.411. The van der Waals surface area contributed by atoms with E-state index in [9.17, 15) is 4.79 Å². The van der Waals surface area contributed by atoms with Gasteiger partial charge in [0.05, 0.1) is 5.02 Å². The molecule has 3 nitrogen and oxygen atoms in total. The Morgan fingerprint density at radius 1 is 1.19 bits per heavy atom. The van der Waals surface area contributed by atoms with Gasteiger partial charge in [-0.05, 0) is 18.2 Å². The lowest BCUT2D eigenvalue weighted by molar-refractivity contribution is 0.561. The summed E-state index contributed by atoms with van der Waals surface area (Å²) in [6, 6.07) is 4.96. The van der Waals surface area contributed by atoms with Gasteiger partial charge < -0.3 is 9.32 Å². The number of fused-ring (bicyclic) bond motifs is 1. The quantitative estimate of drug-likeness (QED) is 0.736. The summed E-state index contributed by atoms with van der Waals surface area (Å²) in [5.74, 6) is 0. The van der Waals surface area contributed by atoms with Crippen LogP contribution in [-0.2, 0) is 0 Å². The van der Waals surface area contributed by atoms with Gasteiger partial charge in [-0.2, -0.15) is 0 Å². The van der Waals surface area contributed by atoms with Gasteiger partial charge in [-0.25, -0.2) is 4.79 Å². The maximum absolute atomic E-state index is 11.6. The van der Waals surface area contributed by atoms with E-state index in [0.717, 1.165) is 0 Å². The molecule has 0 aliphatic heterocycles. The fourth-order valence-electron chi connectivity index (χ4n) is 1.46. The summed E-state index contributed by atoms with van der Waals surface area (Å²) in [6.07, 6.45) is 0. The Kier molecular flexibility index (Phi) is 2.82. The zero-order chi connectivity index (χ0) is 11.9. The molecule has 0 fully saturated rings. The molecule has 0 spiro atoms. The van der Waals surface area contributed by atoms with Crippen LogP contribution in [-0.4, -0.2) is 14.1 Å². The van der Waals surface area contributed by atoms with Crippen LogP contribution in [0.25, 0.3) is 11.0 Å². The normalized spacial score (nSPS) is 10.8. The van der Waals surface area contributed by atoms with Gasteiger partial charge in [0.1, 0.15) is 5.69 Å². The molecule has 2 aromatic rings. The van der Waals surface area contributed by atoms with Crippen LogP contribution in [0.3, 0.4) is 0 Å². The minimum atomic E-state index is -0.415. The van der Waals surface area contributed by atoms with E-state index in [2.05, 4.69) is 0 Å². The Morgan fingerprint density at radius 2 is 1.88 bits per heavy atom. The fourth-order valence-corrected chi connectivity index (χ4v) is 2.01. The molecule has 0 N–H and O–H groups in total. The number of nitrogens with zero attached hydrogens (tertiary/aromatic N) is 1. The van der Waals surface area contributed by atoms with E-state index in [0.29, 0.717) is 26.7 Å². The highest BCUT2D eigenvalue weighted by atomic mass is 35.5. The second kappa shape index (κ2) is 4.00. The van der Waals surface area contributed by atoms with Crippen molar-refractivity contribution in [2.45, 2.75) is 0 Å². The lowest BCUT2D eigenvalue weighted by Crippen LogP contribution is -2.17. The minimum Gasteiger partial charge on any atom is -0.420 e. The topological polar surface area (TPSA) is 33.5 Å². The van der Waals surface area contributed by atoms with E-state index < -0.39 is 5.63 Å². The monoisotopic (exact) mass is 257 g/mol. The third-order valence-electron chi connectivity index (χ3n) is 2.22. The molecular formula is C11H9Cl2NO2. The number of rotatable bonds is 1. The zero-order valence-corrected chi connectivity index (χ0v) is 10.3. The molecule has 0 atom stereocenters.